The number of piperazine rings is 1. The van der Waals surface area contributed by atoms with E-state index in [-0.39, 0.29) is 17.3 Å². The predicted molar refractivity (Wildman–Crippen MR) is 111 cm³/mol. The highest BCUT2D eigenvalue weighted by atomic mass is 32.2. The molecule has 8 nitrogen and oxygen atoms in total. The van der Waals surface area contributed by atoms with Crippen LogP contribution in [0.3, 0.4) is 0 Å². The molecule has 152 valence electrons. The highest BCUT2D eigenvalue weighted by Gasteiger charge is 2.51. The number of nitrogens with one attached hydrogen (secondary N) is 1. The van der Waals surface area contributed by atoms with Gasteiger partial charge in [-0.25, -0.2) is 13.4 Å². The molecule has 2 aliphatic heterocycles. The van der Waals surface area contributed by atoms with Gasteiger partial charge in [0.15, 0.2) is 0 Å². The molecule has 3 aromatic rings. The number of aromatic amines is 1. The molecule has 2 saturated heterocycles. The van der Waals surface area contributed by atoms with Gasteiger partial charge < -0.3 is 9.88 Å². The molecule has 1 N–H and O–H groups in total. The monoisotopic (exact) mass is 412 g/mol. The Morgan fingerprint density at radius 2 is 1.90 bits per heavy atom. The van der Waals surface area contributed by atoms with Crippen LogP contribution in [-0.4, -0.2) is 62.9 Å². The second-order valence-electron chi connectivity index (χ2n) is 8.54. The van der Waals surface area contributed by atoms with E-state index in [1.165, 1.54) is 0 Å². The quantitative estimate of drug-likeness (QED) is 0.709. The molecule has 0 spiro atoms. The Hall–Kier alpha value is -2.39. The number of H-pyrrole nitrogens is 1. The predicted octanol–water partition coefficient (Wildman–Crippen LogP) is 2.11. The van der Waals surface area contributed by atoms with Gasteiger partial charge in [0.05, 0.1) is 17.1 Å². The van der Waals surface area contributed by atoms with Crippen LogP contribution in [0.25, 0.3) is 22.3 Å². The molecule has 29 heavy (non-hydrogen) atoms. The number of anilines is 1. The standard InChI is InChI=1S/C20H24N6O2S/c1-24-10-13(9-22-24)18-8-17-19(6-7-21-20(17)23-18)25-11-14-2-3-15(12-25)26(14)29(27,28)16-4-5-16/h6-10,14-16H,2-5,11-12H2,1H3,(H,21,23). The average molecular weight is 413 g/mol. The van der Waals surface area contributed by atoms with Gasteiger partial charge in [-0.15, -0.1) is 0 Å². The summed E-state index contributed by atoms with van der Waals surface area (Å²) in [6.45, 7) is 1.49. The SMILES string of the molecule is Cn1cc(-c2cc3c(N4CC5CCC(C4)N5S(=O)(=O)C4CC4)ccnc3[nH]2)cn1. The van der Waals surface area contributed by atoms with E-state index in [1.54, 1.807) is 4.68 Å². The lowest BCUT2D eigenvalue weighted by Gasteiger charge is -2.41. The summed E-state index contributed by atoms with van der Waals surface area (Å²) >= 11 is 0. The van der Waals surface area contributed by atoms with Crippen molar-refractivity contribution in [1.82, 2.24) is 24.1 Å². The van der Waals surface area contributed by atoms with Crippen LogP contribution >= 0.6 is 0 Å². The maximum atomic E-state index is 12.9. The van der Waals surface area contributed by atoms with Crippen LogP contribution in [0.4, 0.5) is 5.69 Å². The molecule has 3 aromatic heterocycles. The summed E-state index contributed by atoms with van der Waals surface area (Å²) in [5.74, 6) is 0. The zero-order valence-corrected chi connectivity index (χ0v) is 17.1. The van der Waals surface area contributed by atoms with Gasteiger partial charge in [-0.2, -0.15) is 9.40 Å². The molecule has 6 rings (SSSR count). The molecule has 0 aromatic carbocycles. The van der Waals surface area contributed by atoms with Crippen LogP contribution in [-0.2, 0) is 17.1 Å². The van der Waals surface area contributed by atoms with Gasteiger partial charge in [0, 0.05) is 61.3 Å². The summed E-state index contributed by atoms with van der Waals surface area (Å²) in [4.78, 5) is 10.3. The molecule has 0 radical (unpaired) electrons. The second kappa shape index (κ2) is 6.06. The van der Waals surface area contributed by atoms with Crippen molar-refractivity contribution in [3.05, 3.63) is 30.7 Å². The van der Waals surface area contributed by atoms with Crippen molar-refractivity contribution in [3.63, 3.8) is 0 Å². The Bertz CT molecular complexity index is 1180. The lowest BCUT2D eigenvalue weighted by molar-refractivity contribution is 0.286. The molecule has 1 aliphatic carbocycles. The van der Waals surface area contributed by atoms with E-state index in [1.807, 2.05) is 36.0 Å². The molecule has 3 aliphatic rings. The number of nitrogens with zero attached hydrogens (tertiary/aromatic N) is 5. The number of aromatic nitrogens is 4. The normalized spacial score (nSPS) is 25.2. The molecule has 0 amide bonds. The minimum Gasteiger partial charge on any atom is -0.368 e. The van der Waals surface area contributed by atoms with Gasteiger partial charge in [0.2, 0.25) is 10.0 Å². The summed E-state index contributed by atoms with van der Waals surface area (Å²) < 4.78 is 29.5. The van der Waals surface area contributed by atoms with Gasteiger partial charge in [0.1, 0.15) is 5.65 Å². The lowest BCUT2D eigenvalue weighted by Crippen LogP contribution is -2.56. The number of sulfonamides is 1. The third-order valence-corrected chi connectivity index (χ3v) is 9.02. The molecule has 5 heterocycles. The van der Waals surface area contributed by atoms with Crippen molar-refractivity contribution < 1.29 is 8.42 Å². The molecule has 2 bridgehead atoms. The van der Waals surface area contributed by atoms with Crippen LogP contribution < -0.4 is 4.90 Å². The van der Waals surface area contributed by atoms with E-state index >= 15 is 0 Å². The van der Waals surface area contributed by atoms with Crippen molar-refractivity contribution in [2.45, 2.75) is 43.0 Å². The van der Waals surface area contributed by atoms with E-state index in [2.05, 4.69) is 26.0 Å². The number of fused-ring (bicyclic) bond motifs is 3. The summed E-state index contributed by atoms with van der Waals surface area (Å²) in [6.07, 6.45) is 9.21. The molecule has 2 unspecified atom stereocenters. The Labute approximate surface area is 169 Å². The van der Waals surface area contributed by atoms with Crippen LogP contribution in [0.1, 0.15) is 25.7 Å². The molecule has 2 atom stereocenters. The van der Waals surface area contributed by atoms with E-state index in [0.717, 1.165) is 66.8 Å². The van der Waals surface area contributed by atoms with Crippen molar-refractivity contribution in [1.29, 1.82) is 0 Å². The number of hydrogen-bond acceptors (Lipinski definition) is 5. The third-order valence-electron chi connectivity index (χ3n) is 6.52. The first-order valence-electron chi connectivity index (χ1n) is 10.2. The third kappa shape index (κ3) is 2.71. The van der Waals surface area contributed by atoms with E-state index in [9.17, 15) is 8.42 Å². The molecule has 1 saturated carbocycles. The Morgan fingerprint density at radius 1 is 1.14 bits per heavy atom. The van der Waals surface area contributed by atoms with Gasteiger partial charge in [-0.3, -0.25) is 4.68 Å². The van der Waals surface area contributed by atoms with Crippen molar-refractivity contribution in [2.75, 3.05) is 18.0 Å². The number of aryl methyl sites for hydroxylation is 1. The first-order valence-corrected chi connectivity index (χ1v) is 11.7. The van der Waals surface area contributed by atoms with Crippen LogP contribution in [0.15, 0.2) is 30.7 Å². The average Bonchev–Trinajstić information content (AvgIpc) is 3.25. The first-order chi connectivity index (χ1) is 14.0. The highest BCUT2D eigenvalue weighted by Crippen LogP contribution is 2.41. The van der Waals surface area contributed by atoms with E-state index in [0.29, 0.717) is 0 Å². The summed E-state index contributed by atoms with van der Waals surface area (Å²) in [7, 11) is -1.22. The number of hydrogen-bond donors (Lipinski definition) is 1. The largest absolute Gasteiger partial charge is 0.368 e. The Balaban J connectivity index is 1.34. The lowest BCUT2D eigenvalue weighted by atomic mass is 10.1. The minimum atomic E-state index is -3.12. The fourth-order valence-electron chi connectivity index (χ4n) is 5.02. The van der Waals surface area contributed by atoms with Crippen LogP contribution in [0.2, 0.25) is 0 Å². The maximum Gasteiger partial charge on any atom is 0.217 e. The minimum absolute atomic E-state index is 0.0827. The summed E-state index contributed by atoms with van der Waals surface area (Å²) in [5, 5.41) is 5.20. The van der Waals surface area contributed by atoms with E-state index in [4.69, 9.17) is 0 Å². The van der Waals surface area contributed by atoms with Gasteiger partial charge in [0.25, 0.3) is 0 Å². The number of pyridine rings is 1. The first kappa shape index (κ1) is 17.5. The highest BCUT2D eigenvalue weighted by molar-refractivity contribution is 7.90. The Kier molecular flexibility index (Phi) is 3.65. The summed E-state index contributed by atoms with van der Waals surface area (Å²) in [6, 6.07) is 4.34. The zero-order chi connectivity index (χ0) is 19.8. The van der Waals surface area contributed by atoms with Crippen molar-refractivity contribution >= 4 is 26.7 Å². The van der Waals surface area contributed by atoms with E-state index < -0.39 is 10.0 Å². The van der Waals surface area contributed by atoms with Crippen LogP contribution in [0, 0.1) is 0 Å². The second-order valence-corrected chi connectivity index (χ2v) is 10.7. The Morgan fingerprint density at radius 3 is 2.55 bits per heavy atom. The smallest absolute Gasteiger partial charge is 0.217 e. The summed E-state index contributed by atoms with van der Waals surface area (Å²) in [5.41, 5.74) is 3.99. The van der Waals surface area contributed by atoms with Gasteiger partial charge >= 0.3 is 0 Å². The maximum absolute atomic E-state index is 12.9. The molecular weight excluding hydrogens is 388 g/mol. The molecular formula is C20H24N6O2S. The van der Waals surface area contributed by atoms with Gasteiger partial charge in [-0.1, -0.05) is 0 Å². The number of rotatable bonds is 4. The van der Waals surface area contributed by atoms with Gasteiger partial charge in [-0.05, 0) is 37.8 Å². The molecule has 3 fully saturated rings. The van der Waals surface area contributed by atoms with Crippen LogP contribution in [0.5, 0.6) is 0 Å². The van der Waals surface area contributed by atoms with Crippen molar-refractivity contribution in [2.24, 2.45) is 7.05 Å². The topological polar surface area (TPSA) is 87.1 Å². The fraction of sp³-hybridized carbons (Fsp3) is 0.500. The van der Waals surface area contributed by atoms with Crippen molar-refractivity contribution in [3.8, 4) is 11.3 Å². The zero-order valence-electron chi connectivity index (χ0n) is 16.3. The molecule has 9 heteroatoms. The fourth-order valence-corrected chi connectivity index (χ4v) is 7.27.